The Morgan fingerprint density at radius 3 is 1.48 bits per heavy atom. The molecule has 4 atom stereocenters. The maximum absolute atomic E-state index is 12.4. The standard InChI is InChI=1S/C40H75NO5/c1-3-5-7-9-11-13-15-17-19-20-22-24-26-28-30-32-34-38(44)40(46)41-36(35-42)39(45)37(43)33-31-29-27-25-23-21-18-16-14-12-10-8-6-4-2/h11,13,17,19,25,27,36-39,42-45H,3-10,12,14-16,18,20-24,26,28-35H2,1-2H3,(H,41,46)/b13-11-,19-17-,27-25+. The second-order valence-corrected chi connectivity index (χ2v) is 13.3. The van der Waals surface area contributed by atoms with Gasteiger partial charge in [0.15, 0.2) is 0 Å². The van der Waals surface area contributed by atoms with E-state index in [0.29, 0.717) is 12.8 Å². The lowest BCUT2D eigenvalue weighted by atomic mass is 10.00. The maximum atomic E-state index is 12.4. The number of aliphatic hydroxyl groups excluding tert-OH is 4. The predicted octanol–water partition coefficient (Wildman–Crippen LogP) is 9.40. The highest BCUT2D eigenvalue weighted by Crippen LogP contribution is 2.14. The van der Waals surface area contributed by atoms with Gasteiger partial charge in [0.25, 0.3) is 0 Å². The lowest BCUT2D eigenvalue weighted by Crippen LogP contribution is -2.53. The summed E-state index contributed by atoms with van der Waals surface area (Å²) < 4.78 is 0. The predicted molar refractivity (Wildman–Crippen MR) is 196 cm³/mol. The first-order valence-electron chi connectivity index (χ1n) is 19.4. The summed E-state index contributed by atoms with van der Waals surface area (Å²) in [5.41, 5.74) is 0. The summed E-state index contributed by atoms with van der Waals surface area (Å²) in [4.78, 5) is 12.4. The monoisotopic (exact) mass is 650 g/mol. The van der Waals surface area contributed by atoms with Gasteiger partial charge in [0.1, 0.15) is 12.2 Å². The second kappa shape index (κ2) is 34.9. The van der Waals surface area contributed by atoms with Crippen molar-refractivity contribution in [3.63, 3.8) is 0 Å². The number of carbonyl (C=O) groups excluding carboxylic acids is 1. The van der Waals surface area contributed by atoms with Gasteiger partial charge >= 0.3 is 0 Å². The van der Waals surface area contributed by atoms with E-state index in [-0.39, 0.29) is 0 Å². The van der Waals surface area contributed by atoms with E-state index in [4.69, 9.17) is 0 Å². The SMILES string of the molecule is CCCCC/C=C\C/C=C\CCCCCCCCC(O)C(=O)NC(CO)C(O)C(O)CCC/C=C/CCCCCCCCCCC. The summed E-state index contributed by atoms with van der Waals surface area (Å²) in [5, 5.41) is 43.4. The molecule has 0 bridgehead atoms. The van der Waals surface area contributed by atoms with Crippen LogP contribution >= 0.6 is 0 Å². The highest BCUT2D eigenvalue weighted by atomic mass is 16.3. The minimum atomic E-state index is -1.28. The van der Waals surface area contributed by atoms with E-state index >= 15 is 0 Å². The normalized spacial score (nSPS) is 14.8. The molecule has 0 fully saturated rings. The van der Waals surface area contributed by atoms with Crippen LogP contribution in [0.2, 0.25) is 0 Å². The molecule has 6 heteroatoms. The highest BCUT2D eigenvalue weighted by molar-refractivity contribution is 5.80. The number of carbonyl (C=O) groups is 1. The summed E-state index contributed by atoms with van der Waals surface area (Å²) in [7, 11) is 0. The van der Waals surface area contributed by atoms with E-state index in [2.05, 4.69) is 55.6 Å². The summed E-state index contributed by atoms with van der Waals surface area (Å²) in [6, 6.07) is -1.00. The Bertz CT molecular complexity index is 737. The molecule has 0 aromatic heterocycles. The van der Waals surface area contributed by atoms with Gasteiger partial charge in [-0.15, -0.1) is 0 Å². The van der Waals surface area contributed by atoms with Gasteiger partial charge in [-0.2, -0.15) is 0 Å². The lowest BCUT2D eigenvalue weighted by molar-refractivity contribution is -0.132. The van der Waals surface area contributed by atoms with Gasteiger partial charge in [0.05, 0.1) is 18.8 Å². The van der Waals surface area contributed by atoms with Crippen LogP contribution in [0.5, 0.6) is 0 Å². The van der Waals surface area contributed by atoms with Crippen molar-refractivity contribution in [2.45, 2.75) is 205 Å². The van der Waals surface area contributed by atoms with Gasteiger partial charge in [-0.3, -0.25) is 4.79 Å². The molecule has 1 amide bonds. The molecule has 0 saturated heterocycles. The molecule has 0 aliphatic heterocycles. The summed E-state index contributed by atoms with van der Waals surface area (Å²) in [6.45, 7) is 3.98. The highest BCUT2D eigenvalue weighted by Gasteiger charge is 2.28. The van der Waals surface area contributed by atoms with Crippen molar-refractivity contribution >= 4 is 5.91 Å². The maximum Gasteiger partial charge on any atom is 0.249 e. The summed E-state index contributed by atoms with van der Waals surface area (Å²) >= 11 is 0. The zero-order valence-electron chi connectivity index (χ0n) is 30.1. The van der Waals surface area contributed by atoms with Crippen molar-refractivity contribution < 1.29 is 25.2 Å². The molecule has 0 aliphatic carbocycles. The molecule has 0 aromatic carbocycles. The molecular weight excluding hydrogens is 574 g/mol. The van der Waals surface area contributed by atoms with Crippen molar-refractivity contribution in [3.05, 3.63) is 36.5 Å². The zero-order chi connectivity index (χ0) is 33.9. The van der Waals surface area contributed by atoms with Crippen LogP contribution in [0.3, 0.4) is 0 Å². The topological polar surface area (TPSA) is 110 Å². The van der Waals surface area contributed by atoms with Gasteiger partial charge in [0, 0.05) is 0 Å². The third-order valence-corrected chi connectivity index (χ3v) is 8.82. The largest absolute Gasteiger partial charge is 0.394 e. The number of aliphatic hydroxyl groups is 4. The Balaban J connectivity index is 3.87. The Kier molecular flexibility index (Phi) is 33.7. The molecule has 0 saturated carbocycles. The number of hydrogen-bond acceptors (Lipinski definition) is 5. The fourth-order valence-corrected chi connectivity index (χ4v) is 5.67. The van der Waals surface area contributed by atoms with Crippen LogP contribution in [0, 0.1) is 0 Å². The van der Waals surface area contributed by atoms with Crippen molar-refractivity contribution in [1.29, 1.82) is 0 Å². The van der Waals surface area contributed by atoms with Crippen LogP contribution < -0.4 is 5.32 Å². The molecule has 6 nitrogen and oxygen atoms in total. The minimum Gasteiger partial charge on any atom is -0.394 e. The molecule has 0 rings (SSSR count). The van der Waals surface area contributed by atoms with Gasteiger partial charge in [-0.05, 0) is 70.6 Å². The summed E-state index contributed by atoms with van der Waals surface area (Å²) in [6.07, 6.45) is 38.7. The van der Waals surface area contributed by atoms with E-state index < -0.39 is 36.9 Å². The fourth-order valence-electron chi connectivity index (χ4n) is 5.67. The average molecular weight is 650 g/mol. The number of nitrogens with one attached hydrogen (secondary N) is 1. The van der Waals surface area contributed by atoms with Gasteiger partial charge < -0.3 is 25.7 Å². The Labute approximate surface area is 284 Å². The Hall–Kier alpha value is -1.47. The molecule has 0 aliphatic rings. The first-order chi connectivity index (χ1) is 22.5. The molecule has 270 valence electrons. The molecule has 4 unspecified atom stereocenters. The van der Waals surface area contributed by atoms with Gasteiger partial charge in [0.2, 0.25) is 5.91 Å². The minimum absolute atomic E-state index is 0.350. The molecule has 0 spiro atoms. The van der Waals surface area contributed by atoms with Crippen LogP contribution in [-0.4, -0.2) is 57.3 Å². The van der Waals surface area contributed by atoms with Gasteiger partial charge in [-0.1, -0.05) is 147 Å². The Morgan fingerprint density at radius 2 is 0.957 bits per heavy atom. The average Bonchev–Trinajstić information content (AvgIpc) is 3.06. The van der Waals surface area contributed by atoms with E-state index in [1.54, 1.807) is 0 Å². The second-order valence-electron chi connectivity index (χ2n) is 13.3. The van der Waals surface area contributed by atoms with Crippen LogP contribution in [0.1, 0.15) is 181 Å². The molecular formula is C40H75NO5. The third kappa shape index (κ3) is 28.7. The van der Waals surface area contributed by atoms with Crippen molar-refractivity contribution in [1.82, 2.24) is 5.32 Å². The smallest absolute Gasteiger partial charge is 0.249 e. The van der Waals surface area contributed by atoms with Crippen molar-refractivity contribution in [2.75, 3.05) is 6.61 Å². The zero-order valence-corrected chi connectivity index (χ0v) is 30.1. The van der Waals surface area contributed by atoms with Crippen LogP contribution in [0.25, 0.3) is 0 Å². The first kappa shape index (κ1) is 44.5. The van der Waals surface area contributed by atoms with E-state index in [1.807, 2.05) is 0 Å². The van der Waals surface area contributed by atoms with E-state index in [1.165, 1.54) is 96.3 Å². The molecule has 0 radical (unpaired) electrons. The third-order valence-electron chi connectivity index (χ3n) is 8.82. The van der Waals surface area contributed by atoms with Crippen LogP contribution in [0.15, 0.2) is 36.5 Å². The molecule has 0 heterocycles. The van der Waals surface area contributed by atoms with Crippen molar-refractivity contribution in [3.8, 4) is 0 Å². The fraction of sp³-hybridized carbons (Fsp3) is 0.825. The number of amides is 1. The van der Waals surface area contributed by atoms with Crippen LogP contribution in [-0.2, 0) is 4.79 Å². The molecule has 46 heavy (non-hydrogen) atoms. The molecule has 0 aromatic rings. The first-order valence-corrected chi connectivity index (χ1v) is 19.4. The van der Waals surface area contributed by atoms with Crippen molar-refractivity contribution in [2.24, 2.45) is 0 Å². The Morgan fingerprint density at radius 1 is 0.543 bits per heavy atom. The quantitative estimate of drug-likeness (QED) is 0.0352. The number of hydrogen-bond donors (Lipinski definition) is 5. The summed E-state index contributed by atoms with van der Waals surface area (Å²) in [5.74, 6) is -0.604. The van der Waals surface area contributed by atoms with E-state index in [0.717, 1.165) is 57.8 Å². The lowest BCUT2D eigenvalue weighted by Gasteiger charge is -2.27. The number of allylic oxidation sites excluding steroid dienone is 6. The number of unbranched alkanes of at least 4 members (excludes halogenated alkanes) is 19. The van der Waals surface area contributed by atoms with Gasteiger partial charge in [-0.25, -0.2) is 0 Å². The number of rotatable bonds is 34. The van der Waals surface area contributed by atoms with Crippen LogP contribution in [0.4, 0.5) is 0 Å². The molecule has 5 N–H and O–H groups in total. The van der Waals surface area contributed by atoms with E-state index in [9.17, 15) is 25.2 Å².